The van der Waals surface area contributed by atoms with Crippen LogP contribution in [0.3, 0.4) is 0 Å². The molecule has 4 aromatic carbocycles. The smallest absolute Gasteiger partial charge is 0.0289 e. The number of hydrogen-bond acceptors (Lipinski definition) is 0. The summed E-state index contributed by atoms with van der Waals surface area (Å²) in [6.45, 7) is 4.99. The molecule has 6 aliphatic rings. The predicted molar refractivity (Wildman–Crippen MR) is 122 cm³/mol. The fourth-order valence-electron chi connectivity index (χ4n) is 7.38. The molecular formula is C30H24. The van der Waals surface area contributed by atoms with Crippen molar-refractivity contribution in [2.45, 2.75) is 36.5 Å². The van der Waals surface area contributed by atoms with Gasteiger partial charge in [-0.05, 0) is 44.5 Å². The first-order valence-electron chi connectivity index (χ1n) is 11.0. The van der Waals surface area contributed by atoms with Gasteiger partial charge in [0.1, 0.15) is 0 Å². The Morgan fingerprint density at radius 1 is 0.400 bits per heavy atom. The van der Waals surface area contributed by atoms with Crippen LogP contribution in [-0.4, -0.2) is 0 Å². The van der Waals surface area contributed by atoms with Gasteiger partial charge in [0.15, 0.2) is 0 Å². The van der Waals surface area contributed by atoms with E-state index >= 15 is 0 Å². The average molecular weight is 385 g/mol. The van der Waals surface area contributed by atoms with Gasteiger partial charge < -0.3 is 0 Å². The highest BCUT2D eigenvalue weighted by Gasteiger charge is 2.59. The van der Waals surface area contributed by atoms with E-state index in [1.165, 1.54) is 44.5 Å². The van der Waals surface area contributed by atoms with E-state index < -0.39 is 0 Å². The van der Waals surface area contributed by atoms with E-state index in [0.29, 0.717) is 11.8 Å². The summed E-state index contributed by atoms with van der Waals surface area (Å²) in [5, 5.41) is 0. The minimum Gasteiger partial charge on any atom is -0.0620 e. The topological polar surface area (TPSA) is 0 Å². The zero-order chi connectivity index (χ0) is 20.1. The third kappa shape index (κ3) is 1.64. The van der Waals surface area contributed by atoms with Gasteiger partial charge in [0, 0.05) is 22.7 Å². The molecule has 0 heteroatoms. The van der Waals surface area contributed by atoms with Gasteiger partial charge in [-0.3, -0.25) is 0 Å². The van der Waals surface area contributed by atoms with E-state index in [2.05, 4.69) is 111 Å². The Balaban J connectivity index is 1.77. The maximum Gasteiger partial charge on any atom is 0.0289 e. The summed E-state index contributed by atoms with van der Waals surface area (Å²) in [4.78, 5) is 0. The lowest BCUT2D eigenvalue weighted by Gasteiger charge is -2.59. The predicted octanol–water partition coefficient (Wildman–Crippen LogP) is 6.90. The van der Waals surface area contributed by atoms with Crippen LogP contribution in [0.1, 0.15) is 70.2 Å². The summed E-state index contributed by atoms with van der Waals surface area (Å²) in [5.41, 5.74) is 11.9. The maximum atomic E-state index is 2.49. The standard InChI is InChI=1S/C30H24/c1-29-23-15-7-3-11-19(23)28(20-12-4-8-16-24(20)29)30(2)25-17-9-5-13-21(25)27(29)22-14-6-10-18-26(22)30/h3-18,27-28H,1-2H3. The zero-order valence-corrected chi connectivity index (χ0v) is 17.4. The lowest BCUT2D eigenvalue weighted by atomic mass is 9.43. The third-order valence-electron chi connectivity index (χ3n) is 8.48. The molecule has 0 saturated carbocycles. The molecule has 0 atom stereocenters. The lowest BCUT2D eigenvalue weighted by Crippen LogP contribution is -2.51. The van der Waals surface area contributed by atoms with Crippen LogP contribution in [0.5, 0.6) is 0 Å². The molecule has 0 saturated heterocycles. The lowest BCUT2D eigenvalue weighted by molar-refractivity contribution is 0.364. The third-order valence-corrected chi connectivity index (χ3v) is 8.48. The molecule has 0 nitrogen and oxygen atoms in total. The highest BCUT2D eigenvalue weighted by molar-refractivity contribution is 5.72. The Kier molecular flexibility index (Phi) is 2.95. The zero-order valence-electron chi connectivity index (χ0n) is 17.4. The molecule has 4 aromatic rings. The van der Waals surface area contributed by atoms with E-state index in [4.69, 9.17) is 0 Å². The van der Waals surface area contributed by atoms with Gasteiger partial charge in [0.2, 0.25) is 0 Å². The molecule has 0 aliphatic heterocycles. The number of rotatable bonds is 0. The van der Waals surface area contributed by atoms with Crippen LogP contribution in [0.25, 0.3) is 0 Å². The second-order valence-corrected chi connectivity index (χ2v) is 9.62. The van der Waals surface area contributed by atoms with Gasteiger partial charge >= 0.3 is 0 Å². The van der Waals surface area contributed by atoms with Crippen molar-refractivity contribution < 1.29 is 0 Å². The Hall–Kier alpha value is -3.12. The second kappa shape index (κ2) is 5.32. The minimum atomic E-state index is -0.0996. The van der Waals surface area contributed by atoms with Gasteiger partial charge in [0.05, 0.1) is 0 Å². The first-order chi connectivity index (χ1) is 14.7. The van der Waals surface area contributed by atoms with Crippen molar-refractivity contribution in [1.82, 2.24) is 0 Å². The average Bonchev–Trinajstić information content (AvgIpc) is 2.79. The van der Waals surface area contributed by atoms with Crippen molar-refractivity contribution in [1.29, 1.82) is 0 Å². The molecule has 30 heavy (non-hydrogen) atoms. The SMILES string of the molecule is CC12c3ccccc3C(c3ccccc31)C1(C)c3ccccc3C2c2ccccc21. The minimum absolute atomic E-state index is 0.0996. The molecule has 0 spiro atoms. The number of benzene rings is 4. The van der Waals surface area contributed by atoms with Crippen LogP contribution < -0.4 is 0 Å². The van der Waals surface area contributed by atoms with Crippen LogP contribution >= 0.6 is 0 Å². The van der Waals surface area contributed by atoms with Crippen LogP contribution in [0, 0.1) is 0 Å². The maximum absolute atomic E-state index is 2.49. The molecule has 4 bridgehead atoms. The van der Waals surface area contributed by atoms with E-state index in [1.54, 1.807) is 0 Å². The first kappa shape index (κ1) is 16.7. The molecular weight excluding hydrogens is 360 g/mol. The largest absolute Gasteiger partial charge is 0.0620 e. The van der Waals surface area contributed by atoms with Gasteiger partial charge in [-0.15, -0.1) is 0 Å². The summed E-state index contributed by atoms with van der Waals surface area (Å²) in [6, 6.07) is 37.0. The molecule has 0 aromatic heterocycles. The van der Waals surface area contributed by atoms with Crippen LogP contribution in [0.2, 0.25) is 0 Å². The fraction of sp³-hybridized carbons (Fsp3) is 0.200. The first-order valence-corrected chi connectivity index (χ1v) is 11.0. The molecule has 0 unspecified atom stereocenters. The van der Waals surface area contributed by atoms with E-state index in [-0.39, 0.29) is 10.8 Å². The molecule has 10 rings (SSSR count). The molecule has 0 radical (unpaired) electrons. The van der Waals surface area contributed by atoms with Crippen LogP contribution in [0.15, 0.2) is 97.1 Å². The quantitative estimate of drug-likeness (QED) is 0.309. The summed E-state index contributed by atoms with van der Waals surface area (Å²) in [6.07, 6.45) is 0. The van der Waals surface area contributed by atoms with Crippen LogP contribution in [0.4, 0.5) is 0 Å². The summed E-state index contributed by atoms with van der Waals surface area (Å²) >= 11 is 0. The van der Waals surface area contributed by atoms with Gasteiger partial charge in [-0.1, -0.05) is 111 Å². The monoisotopic (exact) mass is 384 g/mol. The van der Waals surface area contributed by atoms with E-state index in [0.717, 1.165) is 0 Å². The fourth-order valence-corrected chi connectivity index (χ4v) is 7.38. The van der Waals surface area contributed by atoms with Gasteiger partial charge in [-0.25, -0.2) is 0 Å². The molecule has 6 aliphatic carbocycles. The Morgan fingerprint density at radius 3 is 0.900 bits per heavy atom. The van der Waals surface area contributed by atoms with E-state index in [1.807, 2.05) is 0 Å². The van der Waals surface area contributed by atoms with Crippen molar-refractivity contribution in [2.75, 3.05) is 0 Å². The summed E-state index contributed by atoms with van der Waals surface area (Å²) in [7, 11) is 0. The van der Waals surface area contributed by atoms with Crippen molar-refractivity contribution in [3.63, 3.8) is 0 Å². The highest BCUT2D eigenvalue weighted by atomic mass is 14.6. The molecule has 0 amide bonds. The van der Waals surface area contributed by atoms with Gasteiger partial charge in [0.25, 0.3) is 0 Å². The summed E-state index contributed by atoms with van der Waals surface area (Å²) < 4.78 is 0. The normalized spacial score (nSPS) is 29.3. The molecule has 0 N–H and O–H groups in total. The van der Waals surface area contributed by atoms with Crippen molar-refractivity contribution in [2.24, 2.45) is 0 Å². The highest BCUT2D eigenvalue weighted by Crippen LogP contribution is 2.67. The van der Waals surface area contributed by atoms with Crippen molar-refractivity contribution in [3.05, 3.63) is 142 Å². The van der Waals surface area contributed by atoms with Crippen molar-refractivity contribution in [3.8, 4) is 0 Å². The molecule has 0 fully saturated rings. The van der Waals surface area contributed by atoms with Crippen LogP contribution in [-0.2, 0) is 10.8 Å². The van der Waals surface area contributed by atoms with E-state index in [9.17, 15) is 0 Å². The van der Waals surface area contributed by atoms with Crippen molar-refractivity contribution >= 4 is 0 Å². The molecule has 0 heterocycles. The van der Waals surface area contributed by atoms with Gasteiger partial charge in [-0.2, -0.15) is 0 Å². The Labute approximate surface area is 178 Å². The summed E-state index contributed by atoms with van der Waals surface area (Å²) in [5.74, 6) is 0.614. The Bertz CT molecular complexity index is 1140. The second-order valence-electron chi connectivity index (χ2n) is 9.62. The number of hydrogen-bond donors (Lipinski definition) is 0. The Morgan fingerprint density at radius 2 is 0.633 bits per heavy atom. The molecule has 144 valence electrons.